The van der Waals surface area contributed by atoms with Gasteiger partial charge in [-0.25, -0.2) is 0 Å². The van der Waals surface area contributed by atoms with E-state index < -0.39 is 0 Å². The van der Waals surface area contributed by atoms with Gasteiger partial charge in [0, 0.05) is 0 Å². The highest BCUT2D eigenvalue weighted by atomic mass is 15.2. The van der Waals surface area contributed by atoms with Crippen molar-refractivity contribution in [1.29, 1.82) is 5.26 Å². The molecule has 0 amide bonds. The van der Waals surface area contributed by atoms with Gasteiger partial charge in [0.2, 0.25) is 0 Å². The molecule has 2 aromatic heterocycles. The maximum absolute atomic E-state index is 8.63. The van der Waals surface area contributed by atoms with Gasteiger partial charge in [-0.15, -0.1) is 10.2 Å². The van der Waals surface area contributed by atoms with Crippen molar-refractivity contribution in [2.24, 2.45) is 0 Å². The van der Waals surface area contributed by atoms with Crippen LogP contribution in [0.5, 0.6) is 0 Å². The molecule has 4 heteroatoms. The third kappa shape index (κ3) is 0.749. The summed E-state index contributed by atoms with van der Waals surface area (Å²) in [5.74, 6) is 0. The normalized spacial score (nSPS) is 9.73. The number of hydrogen-bond donors (Lipinski definition) is 0. The molecule has 0 aliphatic carbocycles. The molecule has 2 aromatic rings. The first-order valence-corrected chi connectivity index (χ1v) is 3.10. The quantitative estimate of drug-likeness (QED) is 0.544. The number of nitriles is 1. The van der Waals surface area contributed by atoms with Crippen LogP contribution in [0.2, 0.25) is 0 Å². The monoisotopic (exact) mass is 144 g/mol. The molecule has 0 saturated heterocycles. The first-order valence-electron chi connectivity index (χ1n) is 3.10. The van der Waals surface area contributed by atoms with Gasteiger partial charge in [0.25, 0.3) is 0 Å². The predicted octanol–water partition coefficient (Wildman–Crippen LogP) is 0.601. The number of nitrogens with zero attached hydrogens (tertiary/aromatic N) is 4. The second-order valence-corrected chi connectivity index (χ2v) is 2.08. The fourth-order valence-electron chi connectivity index (χ4n) is 0.940. The molecule has 0 spiro atoms. The lowest BCUT2D eigenvalue weighted by Crippen LogP contribution is -1.88. The Morgan fingerprint density at radius 3 is 3.18 bits per heavy atom. The molecule has 0 fully saturated rings. The average Bonchev–Trinajstić information content (AvgIpc) is 2.50. The topological polar surface area (TPSA) is 54.0 Å². The van der Waals surface area contributed by atoms with E-state index in [1.54, 1.807) is 22.6 Å². The average molecular weight is 144 g/mol. The van der Waals surface area contributed by atoms with Crippen LogP contribution in [0.3, 0.4) is 0 Å². The van der Waals surface area contributed by atoms with Crippen LogP contribution in [0, 0.1) is 11.3 Å². The third-order valence-corrected chi connectivity index (χ3v) is 1.45. The molecular formula is C7H4N4. The van der Waals surface area contributed by atoms with Crippen molar-refractivity contribution >= 4 is 5.65 Å². The molecule has 11 heavy (non-hydrogen) atoms. The van der Waals surface area contributed by atoms with E-state index in [4.69, 9.17) is 5.26 Å². The summed E-state index contributed by atoms with van der Waals surface area (Å²) in [4.78, 5) is 0. The molecule has 0 aromatic carbocycles. The highest BCUT2D eigenvalue weighted by molar-refractivity contribution is 5.41. The predicted molar refractivity (Wildman–Crippen MR) is 37.7 cm³/mol. The number of aromatic nitrogens is 3. The lowest BCUT2D eigenvalue weighted by molar-refractivity contribution is 1.09. The Balaban J connectivity index is 2.92. The van der Waals surface area contributed by atoms with E-state index in [0.717, 1.165) is 0 Å². The van der Waals surface area contributed by atoms with E-state index in [-0.39, 0.29) is 0 Å². The highest BCUT2D eigenvalue weighted by Crippen LogP contribution is 2.01. The Bertz CT molecular complexity index is 423. The van der Waals surface area contributed by atoms with Crippen LogP contribution < -0.4 is 0 Å². The molecule has 0 bridgehead atoms. The lowest BCUT2D eigenvalue weighted by atomic mass is 10.4. The minimum absolute atomic E-state index is 0.549. The van der Waals surface area contributed by atoms with E-state index >= 15 is 0 Å². The largest absolute Gasteiger partial charge is 0.272 e. The first kappa shape index (κ1) is 5.86. The Labute approximate surface area is 62.7 Å². The smallest absolute Gasteiger partial charge is 0.161 e. The number of hydrogen-bond acceptors (Lipinski definition) is 3. The zero-order valence-corrected chi connectivity index (χ0v) is 5.60. The standard InChI is InChI=1S/C7H4N4/c8-4-6-2-1-3-7-10-9-5-11(6)7/h1-3,5H. The molecule has 2 heterocycles. The molecule has 2 rings (SSSR count). The van der Waals surface area contributed by atoms with Gasteiger partial charge in [-0.2, -0.15) is 5.26 Å². The Morgan fingerprint density at radius 2 is 2.36 bits per heavy atom. The van der Waals surface area contributed by atoms with Crippen molar-refractivity contribution in [1.82, 2.24) is 14.6 Å². The molecule has 0 atom stereocenters. The maximum atomic E-state index is 8.63. The summed E-state index contributed by atoms with van der Waals surface area (Å²) < 4.78 is 1.64. The van der Waals surface area contributed by atoms with Crippen LogP contribution in [0.25, 0.3) is 5.65 Å². The maximum Gasteiger partial charge on any atom is 0.161 e. The van der Waals surface area contributed by atoms with Gasteiger partial charge in [0.15, 0.2) is 5.65 Å². The summed E-state index contributed by atoms with van der Waals surface area (Å²) >= 11 is 0. The Kier molecular flexibility index (Phi) is 1.10. The molecule has 0 unspecified atom stereocenters. The van der Waals surface area contributed by atoms with Crippen molar-refractivity contribution in [2.75, 3.05) is 0 Å². The van der Waals surface area contributed by atoms with Gasteiger partial charge in [-0.05, 0) is 12.1 Å². The van der Waals surface area contributed by atoms with Crippen molar-refractivity contribution < 1.29 is 0 Å². The summed E-state index contributed by atoms with van der Waals surface area (Å²) in [7, 11) is 0. The van der Waals surface area contributed by atoms with E-state index in [1.807, 2.05) is 6.07 Å². The molecule has 4 nitrogen and oxygen atoms in total. The summed E-state index contributed by atoms with van der Waals surface area (Å²) in [6, 6.07) is 7.34. The summed E-state index contributed by atoms with van der Waals surface area (Å²) in [6.45, 7) is 0. The zero-order valence-electron chi connectivity index (χ0n) is 5.60. The van der Waals surface area contributed by atoms with Crippen LogP contribution >= 0.6 is 0 Å². The van der Waals surface area contributed by atoms with Crippen LogP contribution in [0.15, 0.2) is 24.5 Å². The van der Waals surface area contributed by atoms with Gasteiger partial charge in [-0.1, -0.05) is 6.07 Å². The second-order valence-electron chi connectivity index (χ2n) is 2.08. The summed E-state index contributed by atoms with van der Waals surface area (Å²) in [5, 5.41) is 16.1. The first-order chi connectivity index (χ1) is 5.42. The van der Waals surface area contributed by atoms with E-state index in [9.17, 15) is 0 Å². The van der Waals surface area contributed by atoms with Gasteiger partial charge in [-0.3, -0.25) is 4.40 Å². The molecule has 0 saturated carbocycles. The van der Waals surface area contributed by atoms with E-state index in [0.29, 0.717) is 11.3 Å². The van der Waals surface area contributed by atoms with Crippen molar-refractivity contribution in [2.45, 2.75) is 0 Å². The fourth-order valence-corrected chi connectivity index (χ4v) is 0.940. The van der Waals surface area contributed by atoms with E-state index in [1.165, 1.54) is 6.33 Å². The van der Waals surface area contributed by atoms with Crippen molar-refractivity contribution in [3.05, 3.63) is 30.2 Å². The van der Waals surface area contributed by atoms with Crippen LogP contribution in [0.4, 0.5) is 0 Å². The Morgan fingerprint density at radius 1 is 1.45 bits per heavy atom. The lowest BCUT2D eigenvalue weighted by Gasteiger charge is -1.91. The number of rotatable bonds is 0. The van der Waals surface area contributed by atoms with Crippen LogP contribution in [-0.2, 0) is 0 Å². The number of fused-ring (bicyclic) bond motifs is 1. The Hall–Kier alpha value is -1.89. The third-order valence-electron chi connectivity index (χ3n) is 1.45. The van der Waals surface area contributed by atoms with Gasteiger partial charge >= 0.3 is 0 Å². The molecule has 0 aliphatic heterocycles. The van der Waals surface area contributed by atoms with Gasteiger partial charge in [0.05, 0.1) is 0 Å². The SMILES string of the molecule is N#Cc1cccc2nncn12. The molecule has 0 aliphatic rings. The molecular weight excluding hydrogens is 140 g/mol. The second kappa shape index (κ2) is 2.06. The minimum atomic E-state index is 0.549. The van der Waals surface area contributed by atoms with Crippen LogP contribution in [0.1, 0.15) is 5.69 Å². The number of pyridine rings is 1. The van der Waals surface area contributed by atoms with Gasteiger partial charge < -0.3 is 0 Å². The van der Waals surface area contributed by atoms with E-state index in [2.05, 4.69) is 10.2 Å². The summed E-state index contributed by atoms with van der Waals surface area (Å²) in [6.07, 6.45) is 1.52. The minimum Gasteiger partial charge on any atom is -0.272 e. The summed E-state index contributed by atoms with van der Waals surface area (Å²) in [5.41, 5.74) is 1.25. The van der Waals surface area contributed by atoms with Gasteiger partial charge in [0.1, 0.15) is 18.1 Å². The molecule has 0 radical (unpaired) electrons. The zero-order chi connectivity index (χ0) is 7.68. The highest BCUT2D eigenvalue weighted by Gasteiger charge is 1.97. The molecule has 52 valence electrons. The molecule has 0 N–H and O–H groups in total. The van der Waals surface area contributed by atoms with Crippen LogP contribution in [-0.4, -0.2) is 14.6 Å². The fraction of sp³-hybridized carbons (Fsp3) is 0. The van der Waals surface area contributed by atoms with Crippen molar-refractivity contribution in [3.63, 3.8) is 0 Å². The van der Waals surface area contributed by atoms with Crippen molar-refractivity contribution in [3.8, 4) is 6.07 Å².